The van der Waals surface area contributed by atoms with Gasteiger partial charge in [0.05, 0.1) is 12.2 Å². The quantitative estimate of drug-likeness (QED) is 0.356. The summed E-state index contributed by atoms with van der Waals surface area (Å²) in [4.78, 5) is 7.50. The summed E-state index contributed by atoms with van der Waals surface area (Å²) < 4.78 is 6.30. The number of ether oxygens (including phenoxy) is 1. The molecule has 0 unspecified atom stereocenters. The molecule has 1 aliphatic heterocycles. The lowest BCUT2D eigenvalue weighted by Gasteiger charge is -2.30. The van der Waals surface area contributed by atoms with Crippen LogP contribution < -0.4 is 4.74 Å². The topological polar surface area (TPSA) is 78.4 Å². The predicted octanol–water partition coefficient (Wildman–Crippen LogP) is 5.41. The summed E-state index contributed by atoms with van der Waals surface area (Å²) in [5, 5.41) is 24.2. The van der Waals surface area contributed by atoms with Crippen LogP contribution >= 0.6 is 0 Å². The first-order valence-corrected chi connectivity index (χ1v) is 9.36. The molecule has 0 saturated carbocycles. The molecule has 4 aromatic carbocycles. The predicted molar refractivity (Wildman–Crippen MR) is 111 cm³/mol. The number of phenolic OH excluding ortho intramolecular Hbond substituents is 2. The van der Waals surface area contributed by atoms with Gasteiger partial charge in [0, 0.05) is 23.0 Å². The lowest BCUT2D eigenvalue weighted by Crippen LogP contribution is -2.13. The zero-order chi connectivity index (χ0) is 19.5. The molecule has 29 heavy (non-hydrogen) atoms. The summed E-state index contributed by atoms with van der Waals surface area (Å²) in [5.41, 5.74) is 2.85. The Kier molecular flexibility index (Phi) is 3.18. The minimum absolute atomic E-state index is 0.188. The molecule has 0 aliphatic carbocycles. The fourth-order valence-electron chi connectivity index (χ4n) is 4.39. The third-order valence-corrected chi connectivity index (χ3v) is 5.64. The van der Waals surface area contributed by atoms with E-state index in [4.69, 9.17) is 4.74 Å². The van der Waals surface area contributed by atoms with Gasteiger partial charge in [-0.15, -0.1) is 0 Å². The second-order valence-electron chi connectivity index (χ2n) is 7.31. The van der Waals surface area contributed by atoms with Crippen LogP contribution in [0.5, 0.6) is 23.0 Å². The first kappa shape index (κ1) is 16.0. The van der Waals surface area contributed by atoms with Gasteiger partial charge in [-0.2, -0.15) is 0 Å². The number of aromatic hydroxyl groups is 2. The Hall–Kier alpha value is -3.99. The number of phenols is 2. The largest absolute Gasteiger partial charge is 0.508 e. The maximum absolute atomic E-state index is 10.2. The number of aromatic nitrogens is 2. The van der Waals surface area contributed by atoms with E-state index in [0.29, 0.717) is 0 Å². The van der Waals surface area contributed by atoms with Crippen molar-refractivity contribution < 1.29 is 14.9 Å². The molecule has 0 spiro atoms. The normalized spacial score (nSPS) is 13.2. The monoisotopic (exact) mass is 380 g/mol. The number of hydrogen-bond donors (Lipinski definition) is 3. The fourth-order valence-corrected chi connectivity index (χ4v) is 4.39. The van der Waals surface area contributed by atoms with E-state index in [1.807, 2.05) is 42.6 Å². The third-order valence-electron chi connectivity index (χ3n) is 5.64. The highest BCUT2D eigenvalue weighted by molar-refractivity contribution is 5.95. The molecule has 2 heterocycles. The third kappa shape index (κ3) is 2.31. The second kappa shape index (κ2) is 5.75. The van der Waals surface area contributed by atoms with Crippen molar-refractivity contribution in [1.29, 1.82) is 0 Å². The molecule has 0 saturated heterocycles. The summed E-state index contributed by atoms with van der Waals surface area (Å²) in [6.45, 7) is 0. The molecule has 140 valence electrons. The summed E-state index contributed by atoms with van der Waals surface area (Å²) in [6.07, 6.45) is 3.47. The van der Waals surface area contributed by atoms with Crippen LogP contribution in [0.3, 0.4) is 0 Å². The molecule has 1 aromatic heterocycles. The summed E-state index contributed by atoms with van der Waals surface area (Å²) in [6, 6.07) is 18.6. The number of H-pyrrole nitrogens is 1. The minimum Gasteiger partial charge on any atom is -0.508 e. The average Bonchev–Trinajstić information content (AvgIpc) is 3.26. The van der Waals surface area contributed by atoms with Gasteiger partial charge in [-0.05, 0) is 57.9 Å². The fraction of sp³-hybridized carbons (Fsp3) is 0.0417. The van der Waals surface area contributed by atoms with E-state index in [0.717, 1.165) is 49.9 Å². The summed E-state index contributed by atoms with van der Waals surface area (Å²) in [7, 11) is 0. The Morgan fingerprint density at radius 2 is 1.31 bits per heavy atom. The van der Waals surface area contributed by atoms with Gasteiger partial charge >= 0.3 is 0 Å². The van der Waals surface area contributed by atoms with Crippen molar-refractivity contribution in [3.63, 3.8) is 0 Å². The van der Waals surface area contributed by atoms with Gasteiger partial charge in [-0.1, -0.05) is 24.3 Å². The Bertz CT molecular complexity index is 1320. The zero-order valence-corrected chi connectivity index (χ0v) is 15.3. The van der Waals surface area contributed by atoms with Crippen LogP contribution in [0.2, 0.25) is 0 Å². The molecule has 0 fully saturated rings. The van der Waals surface area contributed by atoms with Crippen molar-refractivity contribution in [1.82, 2.24) is 9.97 Å². The van der Waals surface area contributed by atoms with Gasteiger partial charge in [0.25, 0.3) is 0 Å². The molecule has 0 radical (unpaired) electrons. The second-order valence-corrected chi connectivity index (χ2v) is 7.31. The highest BCUT2D eigenvalue weighted by atomic mass is 16.5. The van der Waals surface area contributed by atoms with Crippen molar-refractivity contribution >= 4 is 21.5 Å². The number of fused-ring (bicyclic) bond motifs is 6. The van der Waals surface area contributed by atoms with E-state index in [9.17, 15) is 10.2 Å². The van der Waals surface area contributed by atoms with Gasteiger partial charge in [0.2, 0.25) is 0 Å². The Balaban J connectivity index is 1.77. The first-order chi connectivity index (χ1) is 14.2. The van der Waals surface area contributed by atoms with E-state index < -0.39 is 0 Å². The molecule has 0 atom stereocenters. The van der Waals surface area contributed by atoms with Gasteiger partial charge in [-0.25, -0.2) is 4.98 Å². The van der Waals surface area contributed by atoms with Crippen molar-refractivity contribution in [3.8, 4) is 23.0 Å². The molecule has 5 aromatic rings. The van der Waals surface area contributed by atoms with Crippen LogP contribution in [0, 0.1) is 0 Å². The number of nitrogens with one attached hydrogen (secondary N) is 1. The lowest BCUT2D eigenvalue weighted by molar-refractivity contribution is 0.454. The summed E-state index contributed by atoms with van der Waals surface area (Å²) in [5.74, 6) is 1.71. The standard InChI is InChI=1S/C24H16N2O3/c27-15-5-1-13-3-7-20-22(17(13)9-15)24(19-11-25-12-26-19)23-18-10-16(28)6-2-14(18)4-8-21(23)29-20/h1-12,24,27-28H,(H,25,26). The van der Waals surface area contributed by atoms with Crippen molar-refractivity contribution in [3.05, 3.63) is 90.0 Å². The number of nitrogens with zero attached hydrogens (tertiary/aromatic N) is 1. The van der Waals surface area contributed by atoms with Crippen molar-refractivity contribution in [2.75, 3.05) is 0 Å². The maximum atomic E-state index is 10.2. The summed E-state index contributed by atoms with van der Waals surface area (Å²) >= 11 is 0. The Morgan fingerprint density at radius 1 is 0.759 bits per heavy atom. The Labute approximate surface area is 165 Å². The number of aromatic amines is 1. The van der Waals surface area contributed by atoms with E-state index in [1.165, 1.54) is 0 Å². The highest BCUT2D eigenvalue weighted by Crippen LogP contribution is 2.52. The molecule has 0 amide bonds. The van der Waals surface area contributed by atoms with Gasteiger partial charge in [0.15, 0.2) is 0 Å². The highest BCUT2D eigenvalue weighted by Gasteiger charge is 2.33. The van der Waals surface area contributed by atoms with Gasteiger partial charge < -0.3 is 19.9 Å². The smallest absolute Gasteiger partial charge is 0.132 e. The van der Waals surface area contributed by atoms with E-state index in [1.54, 1.807) is 30.6 Å². The number of imidazole rings is 1. The molecule has 3 N–H and O–H groups in total. The average molecular weight is 380 g/mol. The molecule has 6 rings (SSSR count). The van der Waals surface area contributed by atoms with Crippen LogP contribution in [0.4, 0.5) is 0 Å². The molecule has 0 bridgehead atoms. The minimum atomic E-state index is -0.188. The van der Waals surface area contributed by atoms with Crippen LogP contribution in [0.15, 0.2) is 73.2 Å². The van der Waals surface area contributed by atoms with Crippen LogP contribution in [0.1, 0.15) is 22.7 Å². The van der Waals surface area contributed by atoms with E-state index in [2.05, 4.69) is 9.97 Å². The molecule has 5 heteroatoms. The van der Waals surface area contributed by atoms with Gasteiger partial charge in [-0.3, -0.25) is 0 Å². The SMILES string of the molecule is Oc1ccc2ccc3c(c2c1)C(c1cnc[nH]1)c1c(ccc2ccc(O)cc12)O3. The van der Waals surface area contributed by atoms with Crippen LogP contribution in [-0.2, 0) is 0 Å². The van der Waals surface area contributed by atoms with Crippen molar-refractivity contribution in [2.24, 2.45) is 0 Å². The number of rotatable bonds is 1. The van der Waals surface area contributed by atoms with Gasteiger partial charge in [0.1, 0.15) is 23.0 Å². The molecule has 5 nitrogen and oxygen atoms in total. The first-order valence-electron chi connectivity index (χ1n) is 9.36. The van der Waals surface area contributed by atoms with E-state index in [-0.39, 0.29) is 17.4 Å². The lowest BCUT2D eigenvalue weighted by atomic mass is 9.81. The molecular weight excluding hydrogens is 364 g/mol. The van der Waals surface area contributed by atoms with Crippen molar-refractivity contribution in [2.45, 2.75) is 5.92 Å². The zero-order valence-electron chi connectivity index (χ0n) is 15.3. The number of benzene rings is 4. The van der Waals surface area contributed by atoms with E-state index >= 15 is 0 Å². The van der Waals surface area contributed by atoms with Crippen LogP contribution in [-0.4, -0.2) is 20.2 Å². The number of hydrogen-bond acceptors (Lipinski definition) is 4. The maximum Gasteiger partial charge on any atom is 0.132 e. The van der Waals surface area contributed by atoms with Crippen LogP contribution in [0.25, 0.3) is 21.5 Å². The molecule has 1 aliphatic rings. The Morgan fingerprint density at radius 3 is 1.83 bits per heavy atom. The molecular formula is C24H16N2O3.